The molecule has 0 amide bonds. The largest absolute Gasteiger partial charge is 0.374 e. The molecule has 0 saturated carbocycles. The van der Waals surface area contributed by atoms with Crippen LogP contribution in [0.3, 0.4) is 0 Å². The molecule has 0 spiro atoms. The predicted octanol–water partition coefficient (Wildman–Crippen LogP) is 2.60. The van der Waals surface area contributed by atoms with Crippen LogP contribution in [0.1, 0.15) is 18.9 Å². The minimum atomic E-state index is 0.575. The maximum absolute atomic E-state index is 8.47. The van der Waals surface area contributed by atoms with E-state index in [2.05, 4.69) is 42.2 Å². The first-order valence-electron chi connectivity index (χ1n) is 4.95. The van der Waals surface area contributed by atoms with Gasteiger partial charge in [0, 0.05) is 19.3 Å². The van der Waals surface area contributed by atoms with Crippen LogP contribution in [-0.4, -0.2) is 13.6 Å². The number of hydrogen-bond donors (Lipinski definition) is 0. The van der Waals surface area contributed by atoms with Gasteiger partial charge < -0.3 is 4.90 Å². The van der Waals surface area contributed by atoms with Gasteiger partial charge in [-0.05, 0) is 24.1 Å². The third kappa shape index (κ3) is 2.77. The molecule has 0 N–H and O–H groups in total. The Balaban J connectivity index is 2.62. The zero-order valence-electron chi connectivity index (χ0n) is 8.83. The van der Waals surface area contributed by atoms with E-state index >= 15 is 0 Å². The van der Waals surface area contributed by atoms with E-state index < -0.39 is 0 Å². The Morgan fingerprint density at radius 3 is 2.43 bits per heavy atom. The van der Waals surface area contributed by atoms with Gasteiger partial charge in [0.15, 0.2) is 0 Å². The highest BCUT2D eigenvalue weighted by Crippen LogP contribution is 2.14. The van der Waals surface area contributed by atoms with E-state index in [0.717, 1.165) is 13.0 Å². The topological polar surface area (TPSA) is 27.0 Å². The highest BCUT2D eigenvalue weighted by atomic mass is 15.1. The van der Waals surface area contributed by atoms with Crippen molar-refractivity contribution < 1.29 is 0 Å². The molecule has 1 aromatic carbocycles. The van der Waals surface area contributed by atoms with Crippen LogP contribution >= 0.6 is 0 Å². The molecule has 0 aromatic heterocycles. The van der Waals surface area contributed by atoms with E-state index in [1.165, 1.54) is 11.3 Å². The Morgan fingerprint density at radius 2 is 1.93 bits per heavy atom. The van der Waals surface area contributed by atoms with Gasteiger partial charge in [-0.2, -0.15) is 5.26 Å². The zero-order chi connectivity index (χ0) is 10.4. The van der Waals surface area contributed by atoms with E-state index in [-0.39, 0.29) is 0 Å². The van der Waals surface area contributed by atoms with Gasteiger partial charge in [0.05, 0.1) is 12.5 Å². The smallest absolute Gasteiger partial charge is 0.0640 e. The molecule has 2 heteroatoms. The predicted molar refractivity (Wildman–Crippen MR) is 59.3 cm³/mol. The van der Waals surface area contributed by atoms with Crippen molar-refractivity contribution in [1.29, 1.82) is 5.26 Å². The quantitative estimate of drug-likeness (QED) is 0.726. The maximum Gasteiger partial charge on any atom is 0.0640 e. The molecule has 0 atom stereocenters. The molecule has 1 aromatic rings. The molecule has 74 valence electrons. The summed E-state index contributed by atoms with van der Waals surface area (Å²) in [5.74, 6) is 0. The van der Waals surface area contributed by atoms with E-state index in [1.807, 2.05) is 7.05 Å². The van der Waals surface area contributed by atoms with Crippen molar-refractivity contribution in [2.24, 2.45) is 0 Å². The van der Waals surface area contributed by atoms with Crippen molar-refractivity contribution in [2.75, 3.05) is 18.5 Å². The molecule has 14 heavy (non-hydrogen) atoms. The number of nitriles is 1. The number of hydrogen-bond acceptors (Lipinski definition) is 2. The monoisotopic (exact) mass is 188 g/mol. The summed E-state index contributed by atoms with van der Waals surface area (Å²) >= 11 is 0. The van der Waals surface area contributed by atoms with Gasteiger partial charge in [-0.25, -0.2) is 0 Å². The van der Waals surface area contributed by atoms with Gasteiger partial charge in [0.2, 0.25) is 0 Å². The molecule has 0 aliphatic carbocycles. The van der Waals surface area contributed by atoms with Gasteiger partial charge in [-0.3, -0.25) is 0 Å². The molecule has 0 radical (unpaired) electrons. The number of nitrogens with zero attached hydrogens (tertiary/aromatic N) is 2. The summed E-state index contributed by atoms with van der Waals surface area (Å²) in [6.45, 7) is 2.94. The fraction of sp³-hybridized carbons (Fsp3) is 0.417. The van der Waals surface area contributed by atoms with Crippen LogP contribution in [0.15, 0.2) is 24.3 Å². The van der Waals surface area contributed by atoms with Gasteiger partial charge in [-0.15, -0.1) is 0 Å². The Labute approximate surface area is 85.8 Å². The summed E-state index contributed by atoms with van der Waals surface area (Å²) in [4.78, 5) is 2.10. The fourth-order valence-electron chi connectivity index (χ4n) is 1.33. The van der Waals surface area contributed by atoms with Gasteiger partial charge in [0.1, 0.15) is 0 Å². The first-order valence-corrected chi connectivity index (χ1v) is 4.95. The molecule has 0 aliphatic heterocycles. The van der Waals surface area contributed by atoms with Crippen LogP contribution in [0.25, 0.3) is 0 Å². The summed E-state index contributed by atoms with van der Waals surface area (Å²) in [6.07, 6.45) is 1.65. The minimum Gasteiger partial charge on any atom is -0.374 e. The number of benzene rings is 1. The van der Waals surface area contributed by atoms with E-state index in [9.17, 15) is 0 Å². The second-order valence-corrected chi connectivity index (χ2v) is 3.35. The van der Waals surface area contributed by atoms with E-state index in [0.29, 0.717) is 6.42 Å². The van der Waals surface area contributed by atoms with Crippen LogP contribution < -0.4 is 4.90 Å². The molecular weight excluding hydrogens is 172 g/mol. The second kappa shape index (κ2) is 5.29. The molecule has 0 heterocycles. The van der Waals surface area contributed by atoms with Crippen molar-refractivity contribution in [1.82, 2.24) is 0 Å². The first kappa shape index (κ1) is 10.6. The lowest BCUT2D eigenvalue weighted by Gasteiger charge is -2.17. The lowest BCUT2D eigenvalue weighted by Crippen LogP contribution is -2.17. The molecular formula is C12H16N2. The van der Waals surface area contributed by atoms with Crippen molar-refractivity contribution in [3.8, 4) is 6.07 Å². The standard InChI is InChI=1S/C12H16N2/c1-3-11-5-7-12(8-6-11)14(2)10-4-9-13/h5-8H,3-4,10H2,1-2H3. The Bertz CT molecular complexity index is 308. The molecule has 2 nitrogen and oxygen atoms in total. The summed E-state index contributed by atoms with van der Waals surface area (Å²) < 4.78 is 0. The third-order valence-corrected chi connectivity index (χ3v) is 2.34. The molecule has 0 aliphatic rings. The zero-order valence-corrected chi connectivity index (χ0v) is 8.83. The van der Waals surface area contributed by atoms with E-state index in [1.54, 1.807) is 0 Å². The van der Waals surface area contributed by atoms with Crippen molar-refractivity contribution in [3.63, 3.8) is 0 Å². The average Bonchev–Trinajstić information content (AvgIpc) is 2.26. The Kier molecular flexibility index (Phi) is 4.00. The second-order valence-electron chi connectivity index (χ2n) is 3.35. The molecule has 0 saturated heterocycles. The van der Waals surface area contributed by atoms with Crippen molar-refractivity contribution in [2.45, 2.75) is 19.8 Å². The number of rotatable bonds is 4. The van der Waals surface area contributed by atoms with Gasteiger partial charge in [-0.1, -0.05) is 19.1 Å². The maximum atomic E-state index is 8.47. The minimum absolute atomic E-state index is 0.575. The number of anilines is 1. The van der Waals surface area contributed by atoms with Crippen LogP contribution in [0.2, 0.25) is 0 Å². The SMILES string of the molecule is CCc1ccc(N(C)CCC#N)cc1. The van der Waals surface area contributed by atoms with Crippen LogP contribution in [-0.2, 0) is 6.42 Å². The van der Waals surface area contributed by atoms with Crippen LogP contribution in [0, 0.1) is 11.3 Å². The highest BCUT2D eigenvalue weighted by Gasteiger charge is 1.99. The number of aryl methyl sites for hydroxylation is 1. The summed E-state index contributed by atoms with van der Waals surface area (Å²) in [5, 5.41) is 8.47. The van der Waals surface area contributed by atoms with Crippen LogP contribution in [0.4, 0.5) is 5.69 Å². The van der Waals surface area contributed by atoms with Crippen molar-refractivity contribution in [3.05, 3.63) is 29.8 Å². The Morgan fingerprint density at radius 1 is 1.29 bits per heavy atom. The molecule has 1 rings (SSSR count). The van der Waals surface area contributed by atoms with Crippen molar-refractivity contribution >= 4 is 5.69 Å². The third-order valence-electron chi connectivity index (χ3n) is 2.34. The fourth-order valence-corrected chi connectivity index (χ4v) is 1.33. The lowest BCUT2D eigenvalue weighted by molar-refractivity contribution is 0.904. The summed E-state index contributed by atoms with van der Waals surface area (Å²) in [5.41, 5.74) is 2.53. The van der Waals surface area contributed by atoms with Crippen LogP contribution in [0.5, 0.6) is 0 Å². The van der Waals surface area contributed by atoms with Gasteiger partial charge in [0.25, 0.3) is 0 Å². The molecule has 0 unspecified atom stereocenters. The highest BCUT2D eigenvalue weighted by molar-refractivity contribution is 5.46. The normalized spacial score (nSPS) is 9.50. The summed E-state index contributed by atoms with van der Waals surface area (Å²) in [6, 6.07) is 10.6. The molecule has 0 fully saturated rings. The molecule has 0 bridgehead atoms. The summed E-state index contributed by atoms with van der Waals surface area (Å²) in [7, 11) is 2.01. The lowest BCUT2D eigenvalue weighted by atomic mass is 10.1. The Hall–Kier alpha value is -1.49. The average molecular weight is 188 g/mol. The van der Waals surface area contributed by atoms with Gasteiger partial charge >= 0.3 is 0 Å². The van der Waals surface area contributed by atoms with E-state index in [4.69, 9.17) is 5.26 Å². The first-order chi connectivity index (χ1) is 6.77.